The van der Waals surface area contributed by atoms with Gasteiger partial charge in [0.05, 0.1) is 31.6 Å². The molecule has 1 aromatic rings. The molecular weight excluding hydrogens is 312 g/mol. The first kappa shape index (κ1) is 13.8. The second-order valence-corrected chi connectivity index (χ2v) is 5.00. The van der Waals surface area contributed by atoms with Gasteiger partial charge in [-0.05, 0) is 18.2 Å². The number of halogens is 1. The van der Waals surface area contributed by atoms with E-state index in [1.54, 1.807) is 6.07 Å². The number of rotatable bonds is 2. The monoisotopic (exact) mass is 324 g/mol. The highest BCUT2D eigenvalue weighted by molar-refractivity contribution is 9.10. The third kappa shape index (κ3) is 2.88. The van der Waals surface area contributed by atoms with Crippen LogP contribution in [0.5, 0.6) is 0 Å². The zero-order valence-electron chi connectivity index (χ0n) is 10.4. The number of benzene rings is 1. The average Bonchev–Trinajstić information content (AvgIpc) is 2.46. The van der Waals surface area contributed by atoms with E-state index in [1.165, 1.54) is 7.11 Å². The van der Waals surface area contributed by atoms with Crippen LogP contribution < -0.4 is 4.90 Å². The van der Waals surface area contributed by atoms with Gasteiger partial charge in [-0.25, -0.2) is 4.79 Å². The molecule has 1 fully saturated rings. The Hall–Kier alpha value is -1.58. The lowest BCUT2D eigenvalue weighted by Crippen LogP contribution is -2.50. The summed E-state index contributed by atoms with van der Waals surface area (Å²) >= 11 is 3.33. The quantitative estimate of drug-likeness (QED) is 0.775. The zero-order chi connectivity index (χ0) is 13.8. The molecule has 1 atom stereocenters. The Morgan fingerprint density at radius 1 is 1.63 bits per heavy atom. The van der Waals surface area contributed by atoms with Crippen molar-refractivity contribution in [2.75, 3.05) is 31.8 Å². The van der Waals surface area contributed by atoms with Crippen molar-refractivity contribution < 1.29 is 14.3 Å². The van der Waals surface area contributed by atoms with E-state index in [-0.39, 0.29) is 12.6 Å². The predicted octanol–water partition coefficient (Wildman–Crippen LogP) is 1.70. The van der Waals surface area contributed by atoms with Crippen molar-refractivity contribution in [1.29, 1.82) is 5.26 Å². The topological polar surface area (TPSA) is 62.6 Å². The van der Waals surface area contributed by atoms with Gasteiger partial charge >= 0.3 is 5.97 Å². The Bertz CT molecular complexity index is 527. The van der Waals surface area contributed by atoms with Crippen LogP contribution in [0.15, 0.2) is 22.7 Å². The smallest absolute Gasteiger partial charge is 0.330 e. The molecule has 1 saturated heterocycles. The van der Waals surface area contributed by atoms with Gasteiger partial charge < -0.3 is 14.4 Å². The number of ether oxygens (including phenoxy) is 2. The highest BCUT2D eigenvalue weighted by atomic mass is 79.9. The number of carbonyl (C=O) groups is 1. The van der Waals surface area contributed by atoms with Crippen LogP contribution in [0.25, 0.3) is 0 Å². The second kappa shape index (κ2) is 6.04. The highest BCUT2D eigenvalue weighted by Crippen LogP contribution is 2.27. The standard InChI is InChI=1S/C13H13BrN2O3/c1-18-13(17)12-8-19-5-4-16(12)11-3-2-10(14)6-9(11)7-15/h2-3,6,12H,4-5,8H2,1H3. The first-order valence-corrected chi connectivity index (χ1v) is 6.58. The molecule has 6 heteroatoms. The molecular formula is C13H13BrN2O3. The summed E-state index contributed by atoms with van der Waals surface area (Å²) in [7, 11) is 1.35. The molecule has 1 aliphatic heterocycles. The predicted molar refractivity (Wildman–Crippen MR) is 72.8 cm³/mol. The molecule has 0 amide bonds. The van der Waals surface area contributed by atoms with E-state index in [2.05, 4.69) is 22.0 Å². The molecule has 1 unspecified atom stereocenters. The Kier molecular flexibility index (Phi) is 4.40. The minimum Gasteiger partial charge on any atom is -0.467 e. The first-order valence-electron chi connectivity index (χ1n) is 5.79. The molecule has 0 N–H and O–H groups in total. The Labute approximate surface area is 119 Å². The number of anilines is 1. The van der Waals surface area contributed by atoms with Crippen molar-refractivity contribution in [3.63, 3.8) is 0 Å². The van der Waals surface area contributed by atoms with Crippen LogP contribution in [0.4, 0.5) is 5.69 Å². The van der Waals surface area contributed by atoms with Gasteiger partial charge in [0.2, 0.25) is 0 Å². The van der Waals surface area contributed by atoms with E-state index >= 15 is 0 Å². The largest absolute Gasteiger partial charge is 0.467 e. The van der Waals surface area contributed by atoms with Gasteiger partial charge in [0.1, 0.15) is 6.07 Å². The van der Waals surface area contributed by atoms with Crippen LogP contribution in [0.1, 0.15) is 5.56 Å². The molecule has 0 spiro atoms. The molecule has 1 heterocycles. The number of esters is 1. The van der Waals surface area contributed by atoms with E-state index in [1.807, 2.05) is 17.0 Å². The lowest BCUT2D eigenvalue weighted by atomic mass is 10.1. The molecule has 2 rings (SSSR count). The number of hydrogen-bond acceptors (Lipinski definition) is 5. The van der Waals surface area contributed by atoms with Gasteiger partial charge in [-0.3, -0.25) is 0 Å². The molecule has 5 nitrogen and oxygen atoms in total. The van der Waals surface area contributed by atoms with Gasteiger partial charge in [-0.1, -0.05) is 15.9 Å². The maximum Gasteiger partial charge on any atom is 0.330 e. The fraction of sp³-hybridized carbons (Fsp3) is 0.385. The van der Waals surface area contributed by atoms with Crippen molar-refractivity contribution in [3.05, 3.63) is 28.2 Å². The van der Waals surface area contributed by atoms with Crippen LogP contribution in [0.3, 0.4) is 0 Å². The highest BCUT2D eigenvalue weighted by Gasteiger charge is 2.31. The molecule has 1 aliphatic rings. The number of hydrogen-bond donors (Lipinski definition) is 0. The average molecular weight is 325 g/mol. The maximum atomic E-state index is 11.8. The summed E-state index contributed by atoms with van der Waals surface area (Å²) in [6.45, 7) is 1.35. The number of carbonyl (C=O) groups excluding carboxylic acids is 1. The maximum absolute atomic E-state index is 11.8. The Morgan fingerprint density at radius 3 is 3.11 bits per heavy atom. The van der Waals surface area contributed by atoms with Gasteiger partial charge in [0.15, 0.2) is 6.04 Å². The van der Waals surface area contributed by atoms with Crippen LogP contribution in [-0.2, 0) is 14.3 Å². The van der Waals surface area contributed by atoms with Crippen LogP contribution >= 0.6 is 15.9 Å². The van der Waals surface area contributed by atoms with E-state index in [0.29, 0.717) is 18.7 Å². The minimum absolute atomic E-state index is 0.271. The lowest BCUT2D eigenvalue weighted by molar-refractivity contribution is -0.144. The van der Waals surface area contributed by atoms with E-state index in [4.69, 9.17) is 9.47 Å². The van der Waals surface area contributed by atoms with Crippen LogP contribution in [0, 0.1) is 11.3 Å². The van der Waals surface area contributed by atoms with Gasteiger partial charge in [0.25, 0.3) is 0 Å². The normalized spacial score (nSPS) is 18.8. The summed E-state index contributed by atoms with van der Waals surface area (Å²) in [5.74, 6) is -0.355. The van der Waals surface area contributed by atoms with E-state index in [9.17, 15) is 10.1 Å². The molecule has 100 valence electrons. The van der Waals surface area contributed by atoms with E-state index < -0.39 is 6.04 Å². The molecule has 1 aromatic carbocycles. The molecule has 19 heavy (non-hydrogen) atoms. The van der Waals surface area contributed by atoms with Gasteiger partial charge in [0, 0.05) is 11.0 Å². The lowest BCUT2D eigenvalue weighted by Gasteiger charge is -2.35. The summed E-state index contributed by atoms with van der Waals surface area (Å²) in [6, 6.07) is 7.04. The minimum atomic E-state index is -0.507. The number of nitriles is 1. The fourth-order valence-corrected chi connectivity index (χ4v) is 2.43. The Morgan fingerprint density at radius 2 is 2.42 bits per heavy atom. The zero-order valence-corrected chi connectivity index (χ0v) is 12.0. The van der Waals surface area contributed by atoms with Crippen molar-refractivity contribution in [2.24, 2.45) is 0 Å². The van der Waals surface area contributed by atoms with Gasteiger partial charge in [-0.15, -0.1) is 0 Å². The number of morpholine rings is 1. The van der Waals surface area contributed by atoms with E-state index in [0.717, 1.165) is 10.2 Å². The summed E-state index contributed by atoms with van der Waals surface area (Å²) in [5, 5.41) is 9.21. The van der Waals surface area contributed by atoms with Crippen molar-refractivity contribution in [2.45, 2.75) is 6.04 Å². The van der Waals surface area contributed by atoms with Crippen molar-refractivity contribution in [1.82, 2.24) is 0 Å². The molecule has 0 aromatic heterocycles. The van der Waals surface area contributed by atoms with Crippen LogP contribution in [-0.4, -0.2) is 38.9 Å². The first-order chi connectivity index (χ1) is 9.17. The molecule has 0 saturated carbocycles. The second-order valence-electron chi connectivity index (χ2n) is 4.08. The number of methoxy groups -OCH3 is 1. The fourth-order valence-electron chi connectivity index (χ4n) is 2.07. The van der Waals surface area contributed by atoms with Gasteiger partial charge in [-0.2, -0.15) is 5.26 Å². The Balaban J connectivity index is 2.38. The SMILES string of the molecule is COC(=O)C1COCCN1c1ccc(Br)cc1C#N. The van der Waals surface area contributed by atoms with Crippen LogP contribution in [0.2, 0.25) is 0 Å². The number of nitrogens with zero attached hydrogens (tertiary/aromatic N) is 2. The summed E-state index contributed by atoms with van der Waals surface area (Å²) in [5.41, 5.74) is 1.24. The summed E-state index contributed by atoms with van der Waals surface area (Å²) in [6.07, 6.45) is 0. The summed E-state index contributed by atoms with van der Waals surface area (Å²) < 4.78 is 10.9. The third-order valence-electron chi connectivity index (χ3n) is 2.99. The third-order valence-corrected chi connectivity index (χ3v) is 3.48. The molecule has 0 radical (unpaired) electrons. The van der Waals surface area contributed by atoms with Crippen molar-refractivity contribution in [3.8, 4) is 6.07 Å². The summed E-state index contributed by atoms with van der Waals surface area (Å²) in [4.78, 5) is 13.6. The van der Waals surface area contributed by atoms with Crippen molar-refractivity contribution >= 4 is 27.6 Å². The molecule has 0 bridgehead atoms. The molecule has 0 aliphatic carbocycles.